The van der Waals surface area contributed by atoms with Crippen LogP contribution in [0.4, 0.5) is 20.3 Å². The highest BCUT2D eigenvalue weighted by atomic mass is 32.2. The van der Waals surface area contributed by atoms with E-state index in [1.54, 1.807) is 18.5 Å². The van der Waals surface area contributed by atoms with E-state index in [1.165, 1.54) is 35.6 Å². The largest absolute Gasteiger partial charge is 0.324 e. The minimum atomic E-state index is -2.65. The van der Waals surface area contributed by atoms with Crippen LogP contribution in [0.2, 0.25) is 0 Å². The van der Waals surface area contributed by atoms with Gasteiger partial charge in [0.15, 0.2) is 5.82 Å². The van der Waals surface area contributed by atoms with Gasteiger partial charge in [-0.05, 0) is 72.9 Å². The lowest BCUT2D eigenvalue weighted by Gasteiger charge is -2.53. The lowest BCUT2D eigenvalue weighted by atomic mass is 9.67. The molecule has 0 amide bonds. The molecule has 0 bridgehead atoms. The van der Waals surface area contributed by atoms with E-state index in [9.17, 15) is 13.6 Å². The van der Waals surface area contributed by atoms with Crippen molar-refractivity contribution in [1.82, 2.24) is 24.6 Å². The number of alkyl halides is 2. The maximum Gasteiger partial charge on any atom is 0.264 e. The van der Waals surface area contributed by atoms with Crippen LogP contribution in [0.5, 0.6) is 0 Å². The highest BCUT2D eigenvalue weighted by Crippen LogP contribution is 2.58. The van der Waals surface area contributed by atoms with Gasteiger partial charge in [-0.3, -0.25) is 4.68 Å². The summed E-state index contributed by atoms with van der Waals surface area (Å²) in [6, 6.07) is 4.00. The maximum absolute atomic E-state index is 14.5. The predicted octanol–water partition coefficient (Wildman–Crippen LogP) is 5.16. The number of carbonyl (C=O) groups is 1. The van der Waals surface area contributed by atoms with Crippen LogP contribution in [0.1, 0.15) is 59.9 Å². The second-order valence-corrected chi connectivity index (χ2v) is 12.6. The SMILES string of the molecule is CN1CCc2c(c(N3CCCc4cc(-c5cnc(CC=O)nc5)c(C(F)F)cc43)nn2C2CC3(CSC3)C2)C1. The number of aldehydes is 1. The van der Waals surface area contributed by atoms with Gasteiger partial charge in [0.2, 0.25) is 0 Å². The predicted molar refractivity (Wildman–Crippen MR) is 148 cm³/mol. The van der Waals surface area contributed by atoms with Gasteiger partial charge in [-0.25, -0.2) is 18.7 Å². The monoisotopic (exact) mass is 550 g/mol. The Hall–Kier alpha value is -2.85. The molecular formula is C29H32F2N6OS. The van der Waals surface area contributed by atoms with E-state index in [0.717, 1.165) is 62.3 Å². The normalized spacial score (nSPS) is 20.5. The minimum absolute atomic E-state index is 0.0266. The first-order valence-corrected chi connectivity index (χ1v) is 14.9. The standard InChI is InChI=1S/C29H32F2N6OS/c1-35-7-4-24-23(15-35)28(34-37(24)20-11-29(12-20)16-39-17-29)36-6-2-3-18-9-21(22(27(30)31)10-25(18)36)19-13-32-26(5-8-38)33-14-19/h8-10,13-14,20,27H,2-7,11-12,15-17H2,1H3. The van der Waals surface area contributed by atoms with Crippen LogP contribution in [0.25, 0.3) is 11.1 Å². The summed E-state index contributed by atoms with van der Waals surface area (Å²) in [5.41, 5.74) is 5.95. The summed E-state index contributed by atoms with van der Waals surface area (Å²) >= 11 is 2.04. The molecule has 2 aromatic heterocycles. The Morgan fingerprint density at radius 1 is 1.15 bits per heavy atom. The molecule has 0 atom stereocenters. The highest BCUT2D eigenvalue weighted by molar-refractivity contribution is 8.00. The summed E-state index contributed by atoms with van der Waals surface area (Å²) in [6.07, 6.45) is 6.40. The number of anilines is 2. The maximum atomic E-state index is 14.5. The van der Waals surface area contributed by atoms with E-state index in [-0.39, 0.29) is 12.0 Å². The van der Waals surface area contributed by atoms with Crippen molar-refractivity contribution in [2.24, 2.45) is 5.41 Å². The lowest BCUT2D eigenvalue weighted by Crippen LogP contribution is -2.48. The smallest absolute Gasteiger partial charge is 0.264 e. The molecule has 3 aliphatic heterocycles. The average molecular weight is 551 g/mol. The molecule has 0 N–H and O–H groups in total. The van der Waals surface area contributed by atoms with Gasteiger partial charge in [0.25, 0.3) is 6.43 Å². The quantitative estimate of drug-likeness (QED) is 0.393. The van der Waals surface area contributed by atoms with E-state index in [2.05, 4.69) is 31.5 Å². The number of hydrogen-bond donors (Lipinski definition) is 0. The molecule has 0 unspecified atom stereocenters. The number of likely N-dealkylation sites (N-methyl/N-ethyl adjacent to an activating group) is 1. The zero-order valence-electron chi connectivity index (χ0n) is 22.1. The fourth-order valence-electron chi connectivity index (χ4n) is 6.79. The van der Waals surface area contributed by atoms with Crippen LogP contribution in [0, 0.1) is 5.41 Å². The Labute approximate surface area is 231 Å². The third-order valence-electron chi connectivity index (χ3n) is 8.90. The summed E-state index contributed by atoms with van der Waals surface area (Å²) in [7, 11) is 2.14. The topological polar surface area (TPSA) is 67.2 Å². The van der Waals surface area contributed by atoms with Crippen LogP contribution in [0.15, 0.2) is 24.5 Å². The second-order valence-electron chi connectivity index (χ2n) is 11.6. The van der Waals surface area contributed by atoms with Gasteiger partial charge in [0.1, 0.15) is 12.1 Å². The first kappa shape index (κ1) is 25.1. The zero-order valence-corrected chi connectivity index (χ0v) is 22.9. The van der Waals surface area contributed by atoms with Crippen LogP contribution < -0.4 is 4.90 Å². The molecule has 1 saturated carbocycles. The number of benzene rings is 1. The number of aryl methyl sites for hydroxylation is 1. The number of aromatic nitrogens is 4. The summed E-state index contributed by atoms with van der Waals surface area (Å²) in [5, 5.41) is 5.25. The Bertz CT molecular complexity index is 1410. The molecule has 204 valence electrons. The third-order valence-corrected chi connectivity index (χ3v) is 10.5. The lowest BCUT2D eigenvalue weighted by molar-refractivity contribution is -0.107. The number of carbonyl (C=O) groups excluding carboxylic acids is 1. The fraction of sp³-hybridized carbons (Fsp3) is 0.517. The molecule has 7 nitrogen and oxygen atoms in total. The van der Waals surface area contributed by atoms with Gasteiger partial charge < -0.3 is 14.6 Å². The number of rotatable bonds is 6. The van der Waals surface area contributed by atoms with Crippen molar-refractivity contribution in [2.75, 3.05) is 36.5 Å². The van der Waals surface area contributed by atoms with Gasteiger partial charge >= 0.3 is 0 Å². The first-order valence-electron chi connectivity index (χ1n) is 13.8. The van der Waals surface area contributed by atoms with Gasteiger partial charge in [-0.2, -0.15) is 16.9 Å². The van der Waals surface area contributed by atoms with Gasteiger partial charge in [-0.1, -0.05) is 0 Å². The molecule has 5 heterocycles. The van der Waals surface area contributed by atoms with Crippen molar-refractivity contribution in [3.63, 3.8) is 0 Å². The number of nitrogens with zero attached hydrogens (tertiary/aromatic N) is 6. The van der Waals surface area contributed by atoms with Crippen molar-refractivity contribution in [1.29, 1.82) is 0 Å². The van der Waals surface area contributed by atoms with Gasteiger partial charge in [0, 0.05) is 66.5 Å². The summed E-state index contributed by atoms with van der Waals surface area (Å²) < 4.78 is 31.3. The summed E-state index contributed by atoms with van der Waals surface area (Å²) in [5.74, 6) is 3.86. The first-order chi connectivity index (χ1) is 18.9. The van der Waals surface area contributed by atoms with E-state index in [4.69, 9.17) is 5.10 Å². The molecule has 1 aromatic carbocycles. The second kappa shape index (κ2) is 9.66. The molecular weight excluding hydrogens is 518 g/mol. The summed E-state index contributed by atoms with van der Waals surface area (Å²) in [4.78, 5) is 23.7. The molecule has 1 aliphatic carbocycles. The van der Waals surface area contributed by atoms with Crippen molar-refractivity contribution in [3.05, 3.63) is 52.7 Å². The number of halogens is 2. The van der Waals surface area contributed by atoms with Crippen molar-refractivity contribution >= 4 is 29.6 Å². The molecule has 1 saturated heterocycles. The average Bonchev–Trinajstić information content (AvgIpc) is 3.24. The van der Waals surface area contributed by atoms with Gasteiger partial charge in [0.05, 0.1) is 12.5 Å². The number of thioether (sulfide) groups is 1. The Kier molecular flexibility index (Phi) is 6.23. The molecule has 39 heavy (non-hydrogen) atoms. The Morgan fingerprint density at radius 3 is 2.64 bits per heavy atom. The molecule has 3 aromatic rings. The van der Waals surface area contributed by atoms with Crippen molar-refractivity contribution in [2.45, 2.75) is 57.5 Å². The highest BCUT2D eigenvalue weighted by Gasteiger charge is 2.51. The van der Waals surface area contributed by atoms with Crippen LogP contribution >= 0.6 is 11.8 Å². The third kappa shape index (κ3) is 4.27. The summed E-state index contributed by atoms with van der Waals surface area (Å²) in [6.45, 7) is 2.60. The molecule has 2 fully saturated rings. The van der Waals surface area contributed by atoms with Crippen molar-refractivity contribution in [3.8, 4) is 11.1 Å². The number of fused-ring (bicyclic) bond motifs is 2. The van der Waals surface area contributed by atoms with E-state index < -0.39 is 6.43 Å². The van der Waals surface area contributed by atoms with E-state index >= 15 is 0 Å². The van der Waals surface area contributed by atoms with Crippen molar-refractivity contribution < 1.29 is 13.6 Å². The molecule has 4 aliphatic rings. The van der Waals surface area contributed by atoms with Crippen LogP contribution in [-0.2, 0) is 30.6 Å². The van der Waals surface area contributed by atoms with E-state index in [0.29, 0.717) is 28.4 Å². The fourth-order valence-corrected chi connectivity index (χ4v) is 8.05. The minimum Gasteiger partial charge on any atom is -0.324 e. The number of hydrogen-bond acceptors (Lipinski definition) is 7. The van der Waals surface area contributed by atoms with Gasteiger partial charge in [-0.15, -0.1) is 0 Å². The molecule has 10 heteroatoms. The molecule has 7 rings (SSSR count). The van der Waals surface area contributed by atoms with E-state index in [1.807, 2.05) is 17.8 Å². The van der Waals surface area contributed by atoms with Crippen LogP contribution in [0.3, 0.4) is 0 Å². The Morgan fingerprint density at radius 2 is 1.95 bits per heavy atom. The molecule has 1 spiro atoms. The Balaban J connectivity index is 1.28. The zero-order chi connectivity index (χ0) is 26.7. The van der Waals surface area contributed by atoms with Crippen LogP contribution in [-0.4, -0.2) is 62.6 Å². The molecule has 0 radical (unpaired) electrons.